The van der Waals surface area contributed by atoms with Gasteiger partial charge in [-0.25, -0.2) is 0 Å². The van der Waals surface area contributed by atoms with E-state index in [1.54, 1.807) is 0 Å². The van der Waals surface area contributed by atoms with Gasteiger partial charge in [0.15, 0.2) is 0 Å². The van der Waals surface area contributed by atoms with Gasteiger partial charge in [-0.05, 0) is 31.1 Å². The fourth-order valence-electron chi connectivity index (χ4n) is 4.84. The van der Waals surface area contributed by atoms with Crippen molar-refractivity contribution in [3.8, 4) is 0 Å². The van der Waals surface area contributed by atoms with Crippen LogP contribution in [0.5, 0.6) is 0 Å². The van der Waals surface area contributed by atoms with Gasteiger partial charge in [0, 0.05) is 6.20 Å². The molecule has 0 fully saturated rings. The van der Waals surface area contributed by atoms with Gasteiger partial charge < -0.3 is 0 Å². The lowest BCUT2D eigenvalue weighted by atomic mass is 10.0. The Bertz CT molecular complexity index is 473. The van der Waals surface area contributed by atoms with E-state index in [4.69, 9.17) is 0 Å². The fraction of sp³-hybridized carbons (Fsp3) is 0.812. The number of hydrogen-bond donors (Lipinski definition) is 0. The fourth-order valence-corrected chi connectivity index (χ4v) is 4.84. The van der Waals surface area contributed by atoms with Crippen LogP contribution in [0.1, 0.15) is 167 Å². The van der Waals surface area contributed by atoms with Crippen LogP contribution in [-0.2, 0) is 0 Å². The smallest absolute Gasteiger partial charge is 0.0626 e. The summed E-state index contributed by atoms with van der Waals surface area (Å²) in [6, 6.07) is 0. The lowest BCUT2D eigenvalue weighted by Crippen LogP contribution is -1.86. The van der Waals surface area contributed by atoms with Crippen molar-refractivity contribution >= 4 is 0 Å². The molecule has 1 rings (SSSR count). The van der Waals surface area contributed by atoms with Crippen molar-refractivity contribution < 1.29 is 0 Å². The Hall–Kier alpha value is -0.980. The molecule has 0 bridgehead atoms. The van der Waals surface area contributed by atoms with E-state index in [-0.39, 0.29) is 0 Å². The van der Waals surface area contributed by atoms with Gasteiger partial charge in [-0.3, -0.25) is 5.32 Å². The average Bonchev–Trinajstić information content (AvgIpc) is 3.35. The summed E-state index contributed by atoms with van der Waals surface area (Å²) in [5.74, 6) is 0. The molecule has 1 heteroatoms. The molecule has 33 heavy (non-hydrogen) atoms. The van der Waals surface area contributed by atoms with Crippen LogP contribution in [0.4, 0.5) is 0 Å². The first kappa shape index (κ1) is 30.1. The van der Waals surface area contributed by atoms with Gasteiger partial charge >= 0.3 is 0 Å². The minimum absolute atomic E-state index is 1.10. The van der Waals surface area contributed by atoms with Gasteiger partial charge in [-0.1, -0.05) is 161 Å². The van der Waals surface area contributed by atoms with E-state index in [0.717, 1.165) is 5.70 Å². The maximum absolute atomic E-state index is 4.26. The number of nitrogens with zero attached hydrogens (tertiary/aromatic N) is 1. The normalized spacial score (nSPS) is 13.2. The zero-order chi connectivity index (χ0) is 23.5. The van der Waals surface area contributed by atoms with Crippen LogP contribution in [0.15, 0.2) is 36.2 Å². The van der Waals surface area contributed by atoms with Crippen LogP contribution in [0.2, 0.25) is 0 Å². The van der Waals surface area contributed by atoms with E-state index in [0.29, 0.717) is 0 Å². The summed E-state index contributed by atoms with van der Waals surface area (Å²) in [5, 5.41) is 4.26. The number of rotatable bonds is 26. The van der Waals surface area contributed by atoms with Crippen LogP contribution in [0.3, 0.4) is 0 Å². The molecule has 1 nitrogen and oxygen atoms in total. The molecule has 0 atom stereocenters. The van der Waals surface area contributed by atoms with Crippen molar-refractivity contribution in [1.82, 2.24) is 5.32 Å². The molecule has 0 aromatic rings. The maximum atomic E-state index is 4.26. The van der Waals surface area contributed by atoms with E-state index in [9.17, 15) is 0 Å². The van der Waals surface area contributed by atoms with E-state index in [1.165, 1.54) is 161 Å². The Labute approximate surface area is 209 Å². The predicted octanol–water partition coefficient (Wildman–Crippen LogP) is 11.3. The van der Waals surface area contributed by atoms with E-state index in [2.05, 4.69) is 30.5 Å². The maximum Gasteiger partial charge on any atom is 0.0626 e. The standard InChI is InChI=1S/C32H58N/c1-2-3-4-5-6-7-8-9-10-11-12-13-14-15-16-17-18-19-20-21-22-23-24-25-26-27-29-32-30-28-31-33-32/h27-31H,2-26H2,1H3/b29-27+. The van der Waals surface area contributed by atoms with Gasteiger partial charge in [0.2, 0.25) is 0 Å². The van der Waals surface area contributed by atoms with Gasteiger partial charge in [0.25, 0.3) is 0 Å². The second kappa shape index (κ2) is 25.6. The van der Waals surface area contributed by atoms with Crippen molar-refractivity contribution in [3.05, 3.63) is 36.2 Å². The van der Waals surface area contributed by atoms with E-state index >= 15 is 0 Å². The number of allylic oxidation sites excluding steroid dienone is 4. The Balaban J connectivity index is 1.63. The minimum Gasteiger partial charge on any atom is -0.257 e. The SMILES string of the molecule is CCCCCCCCCCCCCCCCCCCCCCCCCC/C=C/C1=CC=C[N]1. The first-order chi connectivity index (χ1) is 16.4. The predicted molar refractivity (Wildman–Crippen MR) is 150 cm³/mol. The molecule has 191 valence electrons. The van der Waals surface area contributed by atoms with Gasteiger partial charge in [-0.15, -0.1) is 0 Å². The summed E-state index contributed by atoms with van der Waals surface area (Å²) < 4.78 is 0. The Morgan fingerprint density at radius 2 is 0.879 bits per heavy atom. The summed E-state index contributed by atoms with van der Waals surface area (Å²) in [6.45, 7) is 2.30. The van der Waals surface area contributed by atoms with Gasteiger partial charge in [-0.2, -0.15) is 0 Å². The lowest BCUT2D eigenvalue weighted by molar-refractivity contribution is 0.517. The second-order valence-electron chi connectivity index (χ2n) is 10.4. The van der Waals surface area contributed by atoms with Crippen molar-refractivity contribution in [1.29, 1.82) is 0 Å². The van der Waals surface area contributed by atoms with E-state index < -0.39 is 0 Å². The molecule has 0 unspecified atom stereocenters. The molecule has 0 saturated heterocycles. The lowest BCUT2D eigenvalue weighted by Gasteiger charge is -2.04. The van der Waals surface area contributed by atoms with Crippen molar-refractivity contribution in [2.75, 3.05) is 0 Å². The van der Waals surface area contributed by atoms with Gasteiger partial charge in [0.1, 0.15) is 0 Å². The third-order valence-corrected chi connectivity index (χ3v) is 7.09. The zero-order valence-corrected chi connectivity index (χ0v) is 22.5. The van der Waals surface area contributed by atoms with Crippen LogP contribution in [0, 0.1) is 0 Å². The van der Waals surface area contributed by atoms with Crippen LogP contribution in [0.25, 0.3) is 0 Å². The molecule has 1 radical (unpaired) electrons. The first-order valence-corrected chi connectivity index (χ1v) is 15.2. The monoisotopic (exact) mass is 456 g/mol. The van der Waals surface area contributed by atoms with Crippen LogP contribution < -0.4 is 5.32 Å². The summed E-state index contributed by atoms with van der Waals surface area (Å²) in [5.41, 5.74) is 1.10. The zero-order valence-electron chi connectivity index (χ0n) is 22.5. The van der Waals surface area contributed by atoms with E-state index in [1.807, 2.05) is 12.3 Å². The van der Waals surface area contributed by atoms with Crippen molar-refractivity contribution in [2.45, 2.75) is 167 Å². The second-order valence-corrected chi connectivity index (χ2v) is 10.4. The third kappa shape index (κ3) is 22.6. The molecular formula is C32H58N. The summed E-state index contributed by atoms with van der Waals surface area (Å²) in [4.78, 5) is 0. The summed E-state index contributed by atoms with van der Waals surface area (Å²) >= 11 is 0. The number of hydrogen-bond acceptors (Lipinski definition) is 0. The Kier molecular flexibility index (Phi) is 23.3. The highest BCUT2D eigenvalue weighted by molar-refractivity contribution is 5.28. The van der Waals surface area contributed by atoms with Crippen molar-refractivity contribution in [3.63, 3.8) is 0 Å². The van der Waals surface area contributed by atoms with Crippen LogP contribution in [-0.4, -0.2) is 0 Å². The molecule has 0 spiro atoms. The number of unbranched alkanes of at least 4 members (excludes halogenated alkanes) is 24. The molecule has 0 aromatic heterocycles. The Morgan fingerprint density at radius 3 is 1.21 bits per heavy atom. The Morgan fingerprint density at radius 1 is 0.515 bits per heavy atom. The molecule has 0 saturated carbocycles. The van der Waals surface area contributed by atoms with Crippen molar-refractivity contribution in [2.24, 2.45) is 0 Å². The summed E-state index contributed by atoms with van der Waals surface area (Å²) in [6.07, 6.45) is 46.5. The van der Waals surface area contributed by atoms with Gasteiger partial charge in [0.05, 0.1) is 5.70 Å². The summed E-state index contributed by atoms with van der Waals surface area (Å²) in [7, 11) is 0. The molecule has 0 amide bonds. The highest BCUT2D eigenvalue weighted by Crippen LogP contribution is 2.16. The average molecular weight is 457 g/mol. The molecular weight excluding hydrogens is 398 g/mol. The van der Waals surface area contributed by atoms with Crippen LogP contribution >= 0.6 is 0 Å². The molecule has 1 heterocycles. The highest BCUT2D eigenvalue weighted by atomic mass is 14.9. The molecule has 1 aliphatic heterocycles. The topological polar surface area (TPSA) is 14.1 Å². The minimum atomic E-state index is 1.10. The third-order valence-electron chi connectivity index (χ3n) is 7.09. The molecule has 0 N–H and O–H groups in total. The molecule has 0 aliphatic carbocycles. The highest BCUT2D eigenvalue weighted by Gasteiger charge is 1.96. The molecule has 0 aromatic carbocycles. The largest absolute Gasteiger partial charge is 0.257 e. The first-order valence-electron chi connectivity index (χ1n) is 15.2. The quantitative estimate of drug-likeness (QED) is 0.115. The molecule has 1 aliphatic rings.